The summed E-state index contributed by atoms with van der Waals surface area (Å²) in [6, 6.07) is 16.3. The zero-order chi connectivity index (χ0) is 19.2. The van der Waals surface area contributed by atoms with Gasteiger partial charge in [0.15, 0.2) is 0 Å². The van der Waals surface area contributed by atoms with Crippen LogP contribution in [0.2, 0.25) is 5.02 Å². The van der Waals surface area contributed by atoms with Crippen molar-refractivity contribution in [1.82, 2.24) is 4.57 Å². The van der Waals surface area contributed by atoms with Gasteiger partial charge in [0.2, 0.25) is 5.91 Å². The molecular formula is C21H16ClFN2O2. The van der Waals surface area contributed by atoms with Crippen LogP contribution in [0, 0.1) is 5.82 Å². The Bertz CT molecular complexity index is 1060. The molecule has 0 unspecified atom stereocenters. The standard InChI is InChI=1S/C21H16ClFN2O2/c22-18-7-3-1-6-16(18)13-25-14-17(10-12-21(25)27)24-20(26)11-9-15-5-2-4-8-19(15)23/h1-12,14H,13H2,(H,24,26)/b11-9+. The van der Waals surface area contributed by atoms with Gasteiger partial charge in [-0.2, -0.15) is 0 Å². The molecule has 0 aliphatic rings. The Hall–Kier alpha value is -3.18. The first-order valence-electron chi connectivity index (χ1n) is 8.20. The summed E-state index contributed by atoms with van der Waals surface area (Å²) < 4.78 is 15.0. The van der Waals surface area contributed by atoms with E-state index in [2.05, 4.69) is 5.32 Å². The summed E-state index contributed by atoms with van der Waals surface area (Å²) in [6.07, 6.45) is 4.17. The van der Waals surface area contributed by atoms with Gasteiger partial charge in [-0.25, -0.2) is 4.39 Å². The zero-order valence-electron chi connectivity index (χ0n) is 14.2. The molecule has 0 atom stereocenters. The van der Waals surface area contributed by atoms with E-state index in [0.717, 1.165) is 5.56 Å². The topological polar surface area (TPSA) is 51.1 Å². The molecule has 4 nitrogen and oxygen atoms in total. The molecule has 2 aromatic carbocycles. The zero-order valence-corrected chi connectivity index (χ0v) is 15.0. The molecule has 1 N–H and O–H groups in total. The number of aromatic nitrogens is 1. The van der Waals surface area contributed by atoms with Gasteiger partial charge >= 0.3 is 0 Å². The molecule has 1 aromatic heterocycles. The van der Waals surface area contributed by atoms with Gasteiger partial charge in [-0.05, 0) is 29.8 Å². The number of carbonyl (C=O) groups is 1. The first kappa shape index (κ1) is 18.6. The summed E-state index contributed by atoms with van der Waals surface area (Å²) in [5.74, 6) is -0.837. The molecule has 0 aliphatic heterocycles. The molecule has 0 saturated heterocycles. The van der Waals surface area contributed by atoms with Crippen LogP contribution in [0.15, 0.2) is 77.7 Å². The molecule has 0 spiro atoms. The average molecular weight is 383 g/mol. The Balaban J connectivity index is 1.74. The largest absolute Gasteiger partial charge is 0.321 e. The number of nitrogens with zero attached hydrogens (tertiary/aromatic N) is 1. The third-order valence-electron chi connectivity index (χ3n) is 3.87. The second-order valence-corrected chi connectivity index (χ2v) is 6.23. The highest BCUT2D eigenvalue weighted by Gasteiger charge is 2.05. The lowest BCUT2D eigenvalue weighted by molar-refractivity contribution is -0.111. The van der Waals surface area contributed by atoms with Crippen LogP contribution in [0.4, 0.5) is 10.1 Å². The first-order chi connectivity index (χ1) is 13.0. The Kier molecular flexibility index (Phi) is 5.84. The fourth-order valence-electron chi connectivity index (χ4n) is 2.50. The molecule has 27 heavy (non-hydrogen) atoms. The van der Waals surface area contributed by atoms with E-state index in [1.807, 2.05) is 18.2 Å². The minimum atomic E-state index is -0.429. The number of pyridine rings is 1. The van der Waals surface area contributed by atoms with E-state index in [1.54, 1.807) is 30.5 Å². The Morgan fingerprint density at radius 2 is 1.81 bits per heavy atom. The molecule has 0 radical (unpaired) electrons. The number of benzene rings is 2. The van der Waals surface area contributed by atoms with Crippen LogP contribution >= 0.6 is 11.6 Å². The number of hydrogen-bond acceptors (Lipinski definition) is 2. The Morgan fingerprint density at radius 3 is 2.59 bits per heavy atom. The molecular weight excluding hydrogens is 367 g/mol. The summed E-state index contributed by atoms with van der Waals surface area (Å²) >= 11 is 6.14. The second kappa shape index (κ2) is 8.47. The van der Waals surface area contributed by atoms with Gasteiger partial charge in [0.1, 0.15) is 5.82 Å². The number of nitrogens with one attached hydrogen (secondary N) is 1. The van der Waals surface area contributed by atoms with Crippen LogP contribution in [0.1, 0.15) is 11.1 Å². The monoisotopic (exact) mass is 382 g/mol. The number of hydrogen-bond donors (Lipinski definition) is 1. The minimum absolute atomic E-state index is 0.213. The molecule has 1 amide bonds. The van der Waals surface area contributed by atoms with Gasteiger partial charge in [0.05, 0.1) is 12.2 Å². The molecule has 0 aliphatic carbocycles. The maximum Gasteiger partial charge on any atom is 0.250 e. The van der Waals surface area contributed by atoms with Crippen molar-refractivity contribution in [1.29, 1.82) is 0 Å². The summed E-state index contributed by atoms with van der Waals surface area (Å²) in [4.78, 5) is 24.1. The van der Waals surface area contributed by atoms with Crippen molar-refractivity contribution in [3.63, 3.8) is 0 Å². The normalized spacial score (nSPS) is 10.9. The summed E-state index contributed by atoms with van der Waals surface area (Å²) in [5.41, 5.74) is 1.35. The first-order valence-corrected chi connectivity index (χ1v) is 8.58. The van der Waals surface area contributed by atoms with E-state index in [4.69, 9.17) is 11.6 Å². The van der Waals surface area contributed by atoms with E-state index < -0.39 is 11.7 Å². The SMILES string of the molecule is O=C(/C=C/c1ccccc1F)Nc1ccc(=O)n(Cc2ccccc2Cl)c1. The third-order valence-corrected chi connectivity index (χ3v) is 4.24. The summed E-state index contributed by atoms with van der Waals surface area (Å²) in [5, 5.41) is 3.22. The van der Waals surface area contributed by atoms with Gasteiger partial charge < -0.3 is 9.88 Å². The predicted octanol–water partition coefficient (Wildman–Crippen LogP) is 4.34. The van der Waals surface area contributed by atoms with E-state index >= 15 is 0 Å². The van der Waals surface area contributed by atoms with Crippen molar-refractivity contribution < 1.29 is 9.18 Å². The van der Waals surface area contributed by atoms with Crippen LogP contribution in [0.25, 0.3) is 6.08 Å². The minimum Gasteiger partial charge on any atom is -0.321 e. The van der Waals surface area contributed by atoms with Crippen LogP contribution in [-0.2, 0) is 11.3 Å². The van der Waals surface area contributed by atoms with Gasteiger partial charge in [-0.1, -0.05) is 48.0 Å². The van der Waals surface area contributed by atoms with Gasteiger partial charge in [0, 0.05) is 28.9 Å². The van der Waals surface area contributed by atoms with Crippen molar-refractivity contribution in [2.45, 2.75) is 6.54 Å². The molecule has 136 valence electrons. The lowest BCUT2D eigenvalue weighted by Crippen LogP contribution is -2.20. The lowest BCUT2D eigenvalue weighted by Gasteiger charge is -2.10. The molecule has 0 bridgehead atoms. The van der Waals surface area contributed by atoms with Crippen LogP contribution in [0.5, 0.6) is 0 Å². The Labute approximate surface area is 160 Å². The second-order valence-electron chi connectivity index (χ2n) is 5.82. The average Bonchev–Trinajstić information content (AvgIpc) is 2.65. The number of carbonyl (C=O) groups excluding carboxylic acids is 1. The highest BCUT2D eigenvalue weighted by atomic mass is 35.5. The molecule has 1 heterocycles. The van der Waals surface area contributed by atoms with E-state index in [0.29, 0.717) is 16.3 Å². The molecule has 6 heteroatoms. The van der Waals surface area contributed by atoms with E-state index in [-0.39, 0.29) is 12.1 Å². The molecule has 3 rings (SSSR count). The highest BCUT2D eigenvalue weighted by molar-refractivity contribution is 6.31. The predicted molar refractivity (Wildman–Crippen MR) is 105 cm³/mol. The maximum atomic E-state index is 13.6. The van der Waals surface area contributed by atoms with Crippen molar-refractivity contribution in [2.24, 2.45) is 0 Å². The van der Waals surface area contributed by atoms with Crippen molar-refractivity contribution in [3.8, 4) is 0 Å². The summed E-state index contributed by atoms with van der Waals surface area (Å²) in [7, 11) is 0. The van der Waals surface area contributed by atoms with Gasteiger partial charge in [-0.3, -0.25) is 9.59 Å². The number of anilines is 1. The van der Waals surface area contributed by atoms with Crippen molar-refractivity contribution >= 4 is 29.3 Å². The van der Waals surface area contributed by atoms with E-state index in [1.165, 1.54) is 34.9 Å². The van der Waals surface area contributed by atoms with Gasteiger partial charge in [-0.15, -0.1) is 0 Å². The quantitative estimate of drug-likeness (QED) is 0.667. The molecule has 3 aromatic rings. The van der Waals surface area contributed by atoms with Crippen molar-refractivity contribution in [2.75, 3.05) is 5.32 Å². The number of amides is 1. The fraction of sp³-hybridized carbons (Fsp3) is 0.0476. The fourth-order valence-corrected chi connectivity index (χ4v) is 2.69. The van der Waals surface area contributed by atoms with Crippen LogP contribution in [0.3, 0.4) is 0 Å². The van der Waals surface area contributed by atoms with Crippen LogP contribution < -0.4 is 10.9 Å². The van der Waals surface area contributed by atoms with Crippen molar-refractivity contribution in [3.05, 3.63) is 105 Å². The molecule has 0 saturated carbocycles. The van der Waals surface area contributed by atoms with Gasteiger partial charge in [0.25, 0.3) is 5.56 Å². The number of halogens is 2. The lowest BCUT2D eigenvalue weighted by atomic mass is 10.2. The maximum absolute atomic E-state index is 13.6. The van der Waals surface area contributed by atoms with Crippen LogP contribution in [-0.4, -0.2) is 10.5 Å². The molecule has 0 fully saturated rings. The number of rotatable bonds is 5. The summed E-state index contributed by atoms with van der Waals surface area (Å²) in [6.45, 7) is 0.285. The van der Waals surface area contributed by atoms with E-state index in [9.17, 15) is 14.0 Å². The Morgan fingerprint density at radius 1 is 1.07 bits per heavy atom. The highest BCUT2D eigenvalue weighted by Crippen LogP contribution is 2.16. The smallest absolute Gasteiger partial charge is 0.250 e. The third kappa shape index (κ3) is 4.92.